The third-order valence-electron chi connectivity index (χ3n) is 6.37. The lowest BCUT2D eigenvalue weighted by Gasteiger charge is -2.35. The van der Waals surface area contributed by atoms with Crippen LogP contribution in [0.5, 0.6) is 0 Å². The van der Waals surface area contributed by atoms with Gasteiger partial charge in [0.05, 0.1) is 11.2 Å². The van der Waals surface area contributed by atoms with Gasteiger partial charge in [-0.25, -0.2) is 4.79 Å². The highest BCUT2D eigenvalue weighted by Gasteiger charge is 2.48. The first-order valence-corrected chi connectivity index (χ1v) is 11.7. The number of carbonyl (C=O) groups excluding carboxylic acids is 1. The van der Waals surface area contributed by atoms with Crippen LogP contribution >= 0.6 is 0 Å². The Morgan fingerprint density at radius 3 is 2.06 bits per heavy atom. The van der Waals surface area contributed by atoms with E-state index in [0.717, 1.165) is 26.1 Å². The van der Waals surface area contributed by atoms with Crippen molar-refractivity contribution in [1.82, 2.24) is 9.80 Å². The molecule has 1 aromatic rings. The number of benzene rings is 1. The van der Waals surface area contributed by atoms with Crippen molar-refractivity contribution >= 4 is 6.09 Å². The summed E-state index contributed by atoms with van der Waals surface area (Å²) in [6.07, 6.45) is 4.47. The van der Waals surface area contributed by atoms with Crippen molar-refractivity contribution in [2.45, 2.75) is 84.5 Å². The van der Waals surface area contributed by atoms with E-state index in [1.807, 2.05) is 26.8 Å². The van der Waals surface area contributed by atoms with Gasteiger partial charge in [0.25, 0.3) is 0 Å². The van der Waals surface area contributed by atoms with Gasteiger partial charge in [-0.15, -0.1) is 0 Å². The third-order valence-corrected chi connectivity index (χ3v) is 6.37. The summed E-state index contributed by atoms with van der Waals surface area (Å²) in [5.41, 5.74) is 1.49. The summed E-state index contributed by atoms with van der Waals surface area (Å²) in [5.74, 6) is 0. The maximum absolute atomic E-state index is 12.2. The van der Waals surface area contributed by atoms with Gasteiger partial charge in [-0.05, 0) is 72.1 Å². The Kier molecular flexibility index (Phi) is 7.38. The standard InChI is InChI=1S/C26H40N2O4/c1-24(2,3)32-23(29)28-17-15-27(16-18-28)19-21-13-11-20(12-14-21)9-8-10-22-30-25(4,5)26(6,7)31-22/h8,10-14,22H,9,15-19H2,1-7H3/b10-8+. The average Bonchev–Trinajstić information content (AvgIpc) is 2.89. The summed E-state index contributed by atoms with van der Waals surface area (Å²) in [6, 6.07) is 8.75. The molecule has 0 spiro atoms. The first-order valence-electron chi connectivity index (χ1n) is 11.7. The predicted molar refractivity (Wildman–Crippen MR) is 126 cm³/mol. The van der Waals surface area contributed by atoms with Crippen LogP contribution in [-0.2, 0) is 27.2 Å². The van der Waals surface area contributed by atoms with Crippen LogP contribution in [0.15, 0.2) is 36.4 Å². The molecule has 2 aliphatic heterocycles. The van der Waals surface area contributed by atoms with Crippen molar-refractivity contribution in [2.24, 2.45) is 0 Å². The van der Waals surface area contributed by atoms with E-state index in [9.17, 15) is 4.79 Å². The first kappa shape index (κ1) is 24.7. The Morgan fingerprint density at radius 2 is 1.53 bits per heavy atom. The molecule has 0 aliphatic carbocycles. The fourth-order valence-electron chi connectivity index (χ4n) is 3.74. The number of hydrogen-bond acceptors (Lipinski definition) is 5. The third kappa shape index (κ3) is 6.56. The lowest BCUT2D eigenvalue weighted by molar-refractivity contribution is -0.0506. The summed E-state index contributed by atoms with van der Waals surface area (Å²) in [4.78, 5) is 16.4. The van der Waals surface area contributed by atoms with Crippen LogP contribution in [0.1, 0.15) is 59.6 Å². The molecule has 0 bridgehead atoms. The molecular formula is C26H40N2O4. The van der Waals surface area contributed by atoms with Gasteiger partial charge in [0.15, 0.2) is 6.29 Å². The quantitative estimate of drug-likeness (QED) is 0.613. The summed E-state index contributed by atoms with van der Waals surface area (Å²) in [7, 11) is 0. The molecule has 6 nitrogen and oxygen atoms in total. The van der Waals surface area contributed by atoms with Gasteiger partial charge in [-0.1, -0.05) is 30.3 Å². The Hall–Kier alpha value is -1.89. The molecule has 0 saturated carbocycles. The van der Waals surface area contributed by atoms with Crippen LogP contribution in [0.2, 0.25) is 0 Å². The molecule has 0 aromatic heterocycles. The topological polar surface area (TPSA) is 51.2 Å². The largest absolute Gasteiger partial charge is 0.444 e. The zero-order valence-corrected chi connectivity index (χ0v) is 20.8. The van der Waals surface area contributed by atoms with Gasteiger partial charge in [0, 0.05) is 32.7 Å². The van der Waals surface area contributed by atoms with Crippen molar-refractivity contribution in [3.8, 4) is 0 Å². The van der Waals surface area contributed by atoms with Crippen molar-refractivity contribution in [3.05, 3.63) is 47.5 Å². The van der Waals surface area contributed by atoms with Gasteiger partial charge in [-0.2, -0.15) is 0 Å². The van der Waals surface area contributed by atoms with Crippen molar-refractivity contribution in [3.63, 3.8) is 0 Å². The number of rotatable bonds is 5. The van der Waals surface area contributed by atoms with E-state index in [4.69, 9.17) is 14.2 Å². The molecule has 3 rings (SSSR count). The molecule has 6 heteroatoms. The maximum atomic E-state index is 12.2. The number of hydrogen-bond donors (Lipinski definition) is 0. The summed E-state index contributed by atoms with van der Waals surface area (Å²) in [6.45, 7) is 18.0. The zero-order valence-electron chi connectivity index (χ0n) is 20.8. The molecule has 2 aliphatic rings. The van der Waals surface area contributed by atoms with Crippen LogP contribution in [0.4, 0.5) is 4.79 Å². The summed E-state index contributed by atoms with van der Waals surface area (Å²) in [5, 5.41) is 0. The highest BCUT2D eigenvalue weighted by Crippen LogP contribution is 2.38. The monoisotopic (exact) mass is 444 g/mol. The molecule has 1 amide bonds. The van der Waals surface area contributed by atoms with E-state index in [1.165, 1.54) is 11.1 Å². The maximum Gasteiger partial charge on any atom is 0.410 e. The van der Waals surface area contributed by atoms with Crippen molar-refractivity contribution < 1.29 is 19.0 Å². The lowest BCUT2D eigenvalue weighted by atomic mass is 9.90. The van der Waals surface area contributed by atoms with E-state index < -0.39 is 5.60 Å². The van der Waals surface area contributed by atoms with E-state index in [2.05, 4.69) is 62.9 Å². The Labute approximate surface area is 193 Å². The second-order valence-electron chi connectivity index (χ2n) is 10.8. The minimum atomic E-state index is -0.449. The van der Waals surface area contributed by atoms with Crippen LogP contribution in [0.25, 0.3) is 0 Å². The number of allylic oxidation sites excluding steroid dienone is 1. The lowest BCUT2D eigenvalue weighted by Crippen LogP contribution is -2.49. The molecule has 32 heavy (non-hydrogen) atoms. The molecule has 0 unspecified atom stereocenters. The molecule has 0 N–H and O–H groups in total. The second-order valence-corrected chi connectivity index (χ2v) is 10.8. The highest BCUT2D eigenvalue weighted by molar-refractivity contribution is 5.68. The Morgan fingerprint density at radius 1 is 1.00 bits per heavy atom. The Bertz CT molecular complexity index is 784. The molecule has 2 saturated heterocycles. The molecule has 1 aromatic carbocycles. The van der Waals surface area contributed by atoms with E-state index in [1.54, 1.807) is 4.90 Å². The predicted octanol–water partition coefficient (Wildman–Crippen LogP) is 4.77. The van der Waals surface area contributed by atoms with Crippen LogP contribution in [-0.4, -0.2) is 65.2 Å². The minimum Gasteiger partial charge on any atom is -0.444 e. The fourth-order valence-corrected chi connectivity index (χ4v) is 3.74. The van der Waals surface area contributed by atoms with Crippen LogP contribution < -0.4 is 0 Å². The average molecular weight is 445 g/mol. The van der Waals surface area contributed by atoms with E-state index in [-0.39, 0.29) is 23.6 Å². The SMILES string of the molecule is CC(C)(C)OC(=O)N1CCN(Cc2ccc(C/C=C/C3OC(C)(C)C(C)(C)O3)cc2)CC1. The zero-order chi connectivity index (χ0) is 23.6. The smallest absolute Gasteiger partial charge is 0.410 e. The van der Waals surface area contributed by atoms with Crippen LogP contribution in [0.3, 0.4) is 0 Å². The molecule has 178 valence electrons. The van der Waals surface area contributed by atoms with Gasteiger partial charge in [0.1, 0.15) is 5.60 Å². The van der Waals surface area contributed by atoms with Gasteiger partial charge in [0.2, 0.25) is 0 Å². The Balaban J connectivity index is 1.42. The molecule has 2 fully saturated rings. The number of amides is 1. The van der Waals surface area contributed by atoms with Gasteiger partial charge < -0.3 is 19.1 Å². The van der Waals surface area contributed by atoms with Crippen LogP contribution in [0, 0.1) is 0 Å². The second kappa shape index (κ2) is 9.54. The highest BCUT2D eigenvalue weighted by atomic mass is 16.7. The van der Waals surface area contributed by atoms with E-state index >= 15 is 0 Å². The molecule has 0 atom stereocenters. The normalized spacial score (nSPS) is 21.9. The van der Waals surface area contributed by atoms with Gasteiger partial charge in [-0.3, -0.25) is 4.90 Å². The fraction of sp³-hybridized carbons (Fsp3) is 0.654. The number of piperazine rings is 1. The van der Waals surface area contributed by atoms with Crippen molar-refractivity contribution in [1.29, 1.82) is 0 Å². The van der Waals surface area contributed by atoms with E-state index in [0.29, 0.717) is 13.1 Å². The summed E-state index contributed by atoms with van der Waals surface area (Å²) >= 11 is 0. The minimum absolute atomic E-state index is 0.213. The number of ether oxygens (including phenoxy) is 3. The van der Waals surface area contributed by atoms with Gasteiger partial charge >= 0.3 is 6.09 Å². The summed E-state index contributed by atoms with van der Waals surface area (Å²) < 4.78 is 17.5. The number of carbonyl (C=O) groups is 1. The molecule has 0 radical (unpaired) electrons. The number of nitrogens with zero attached hydrogens (tertiary/aromatic N) is 2. The van der Waals surface area contributed by atoms with Crippen molar-refractivity contribution in [2.75, 3.05) is 26.2 Å². The molecular weight excluding hydrogens is 404 g/mol. The molecule has 2 heterocycles. The first-order chi connectivity index (χ1) is 14.8.